The maximum absolute atomic E-state index is 6.07. The van der Waals surface area contributed by atoms with E-state index in [-0.39, 0.29) is 0 Å². The fraction of sp³-hybridized carbons (Fsp3) is 0.435. The monoisotopic (exact) mass is 361 g/mol. The largest absolute Gasteiger partial charge is 0.489 e. The van der Waals surface area contributed by atoms with Crippen molar-refractivity contribution in [1.29, 1.82) is 0 Å². The van der Waals surface area contributed by atoms with Gasteiger partial charge in [0.1, 0.15) is 18.2 Å². The van der Waals surface area contributed by atoms with Gasteiger partial charge in [0, 0.05) is 38.2 Å². The molecule has 0 N–H and O–H groups in total. The quantitative estimate of drug-likeness (QED) is 0.693. The van der Waals surface area contributed by atoms with E-state index in [0.717, 1.165) is 43.4 Å². The lowest BCUT2D eigenvalue weighted by molar-refractivity contribution is 0.130. The summed E-state index contributed by atoms with van der Waals surface area (Å²) in [4.78, 5) is 7.57. The predicted molar refractivity (Wildman–Crippen MR) is 108 cm³/mol. The van der Waals surface area contributed by atoms with Gasteiger partial charge in [-0.15, -0.1) is 0 Å². The smallest absolute Gasteiger partial charge is 0.122 e. The minimum Gasteiger partial charge on any atom is -0.489 e. The molecule has 2 aromatic carbocycles. The molecule has 2 heterocycles. The number of nitrogens with zero attached hydrogens (tertiary/aromatic N) is 3. The number of hydrogen-bond acceptors (Lipinski definition) is 3. The molecular formula is C23H27N3O. The van der Waals surface area contributed by atoms with E-state index in [0.29, 0.717) is 6.61 Å². The van der Waals surface area contributed by atoms with Crippen LogP contribution in [0.4, 0.5) is 0 Å². The molecule has 0 saturated heterocycles. The summed E-state index contributed by atoms with van der Waals surface area (Å²) in [6.07, 6.45) is 5.20. The first kappa shape index (κ1) is 16.8. The lowest BCUT2D eigenvalue weighted by Gasteiger charge is -2.36. The van der Waals surface area contributed by atoms with Crippen molar-refractivity contribution in [2.75, 3.05) is 13.1 Å². The van der Waals surface area contributed by atoms with Crippen LogP contribution in [0.15, 0.2) is 42.5 Å². The van der Waals surface area contributed by atoms with Crippen molar-refractivity contribution in [3.05, 3.63) is 59.4 Å². The summed E-state index contributed by atoms with van der Waals surface area (Å²) < 4.78 is 8.48. The number of fused-ring (bicyclic) bond motifs is 3. The van der Waals surface area contributed by atoms with Gasteiger partial charge in [0.25, 0.3) is 0 Å². The Hall–Kier alpha value is -2.33. The van der Waals surface area contributed by atoms with Crippen LogP contribution in [0.2, 0.25) is 0 Å². The van der Waals surface area contributed by atoms with Crippen LogP contribution in [-0.2, 0) is 19.6 Å². The molecule has 1 fully saturated rings. The first-order valence-electron chi connectivity index (χ1n) is 10.2. The summed E-state index contributed by atoms with van der Waals surface area (Å²) in [5.41, 5.74) is 4.77. The minimum atomic E-state index is 0.599. The molecule has 1 saturated carbocycles. The topological polar surface area (TPSA) is 30.3 Å². The molecule has 0 spiro atoms. The van der Waals surface area contributed by atoms with Crippen molar-refractivity contribution in [2.24, 2.45) is 0 Å². The van der Waals surface area contributed by atoms with Crippen molar-refractivity contribution < 1.29 is 4.74 Å². The third-order valence-corrected chi connectivity index (χ3v) is 6.15. The van der Waals surface area contributed by atoms with Gasteiger partial charge in [0.15, 0.2) is 0 Å². The number of benzene rings is 2. The second-order valence-electron chi connectivity index (χ2n) is 7.98. The average molecular weight is 361 g/mol. The van der Waals surface area contributed by atoms with Gasteiger partial charge in [-0.1, -0.05) is 36.2 Å². The van der Waals surface area contributed by atoms with E-state index in [9.17, 15) is 0 Å². The number of aryl methyl sites for hydroxylation is 1. The van der Waals surface area contributed by atoms with Gasteiger partial charge >= 0.3 is 0 Å². The zero-order chi connectivity index (χ0) is 18.2. The summed E-state index contributed by atoms with van der Waals surface area (Å²) in [5.74, 6) is 2.15. The summed E-state index contributed by atoms with van der Waals surface area (Å²) in [6.45, 7) is 6.02. The van der Waals surface area contributed by atoms with Crippen LogP contribution in [0, 0.1) is 6.92 Å². The molecule has 0 amide bonds. The molecule has 0 unspecified atom stereocenters. The molecule has 4 heteroatoms. The van der Waals surface area contributed by atoms with Crippen LogP contribution in [0.25, 0.3) is 11.0 Å². The third-order valence-electron chi connectivity index (χ3n) is 6.15. The fourth-order valence-corrected chi connectivity index (χ4v) is 4.23. The molecule has 4 nitrogen and oxygen atoms in total. The molecule has 1 aromatic heterocycles. The lowest BCUT2D eigenvalue weighted by atomic mass is 9.91. The SMILES string of the molecule is Cc1ccc(COc2ccc3nc4n(c3c2)CCN(C2CCC2)CC4)cc1. The van der Waals surface area contributed by atoms with Crippen LogP contribution in [-0.4, -0.2) is 33.6 Å². The highest BCUT2D eigenvalue weighted by Gasteiger charge is 2.27. The summed E-state index contributed by atoms with van der Waals surface area (Å²) >= 11 is 0. The Morgan fingerprint density at radius 2 is 1.89 bits per heavy atom. The molecule has 140 valence electrons. The molecule has 2 aliphatic rings. The van der Waals surface area contributed by atoms with Crippen molar-refractivity contribution in [1.82, 2.24) is 14.5 Å². The van der Waals surface area contributed by atoms with Crippen LogP contribution >= 0.6 is 0 Å². The fourth-order valence-electron chi connectivity index (χ4n) is 4.23. The van der Waals surface area contributed by atoms with E-state index < -0.39 is 0 Å². The molecule has 27 heavy (non-hydrogen) atoms. The molecule has 1 aliphatic heterocycles. The van der Waals surface area contributed by atoms with E-state index in [2.05, 4.69) is 52.8 Å². The molecule has 3 aromatic rings. The summed E-state index contributed by atoms with van der Waals surface area (Å²) in [7, 11) is 0. The normalized spacial score (nSPS) is 18.1. The van der Waals surface area contributed by atoms with Gasteiger partial charge in [-0.05, 0) is 37.5 Å². The Labute approximate surface area is 160 Å². The Kier molecular flexibility index (Phi) is 4.36. The van der Waals surface area contributed by atoms with E-state index in [1.807, 2.05) is 6.07 Å². The summed E-state index contributed by atoms with van der Waals surface area (Å²) in [6, 6.07) is 15.7. The van der Waals surface area contributed by atoms with Gasteiger partial charge in [-0.2, -0.15) is 0 Å². The zero-order valence-electron chi connectivity index (χ0n) is 16.0. The maximum atomic E-state index is 6.07. The van der Waals surface area contributed by atoms with Crippen LogP contribution < -0.4 is 4.74 Å². The number of aromatic nitrogens is 2. The predicted octanol–water partition coefficient (Wildman–Crippen LogP) is 4.33. The number of imidazole rings is 1. The van der Waals surface area contributed by atoms with Gasteiger partial charge < -0.3 is 9.30 Å². The Balaban J connectivity index is 1.34. The van der Waals surface area contributed by atoms with Crippen LogP contribution in [0.1, 0.15) is 36.2 Å². The Bertz CT molecular complexity index is 940. The van der Waals surface area contributed by atoms with Crippen LogP contribution in [0.3, 0.4) is 0 Å². The van der Waals surface area contributed by atoms with Gasteiger partial charge in [-0.25, -0.2) is 4.98 Å². The lowest BCUT2D eigenvalue weighted by Crippen LogP contribution is -2.41. The highest BCUT2D eigenvalue weighted by molar-refractivity contribution is 5.78. The first-order chi connectivity index (χ1) is 13.3. The molecule has 5 rings (SSSR count). The molecular weight excluding hydrogens is 334 g/mol. The Morgan fingerprint density at radius 3 is 2.67 bits per heavy atom. The highest BCUT2D eigenvalue weighted by atomic mass is 16.5. The van der Waals surface area contributed by atoms with Crippen molar-refractivity contribution in [2.45, 2.75) is 51.8 Å². The highest BCUT2D eigenvalue weighted by Crippen LogP contribution is 2.28. The van der Waals surface area contributed by atoms with E-state index >= 15 is 0 Å². The van der Waals surface area contributed by atoms with E-state index in [1.165, 1.54) is 41.7 Å². The molecule has 0 atom stereocenters. The molecule has 1 aliphatic carbocycles. The third kappa shape index (κ3) is 3.34. The number of ether oxygens (including phenoxy) is 1. The van der Waals surface area contributed by atoms with Crippen molar-refractivity contribution >= 4 is 11.0 Å². The first-order valence-corrected chi connectivity index (χ1v) is 10.2. The second kappa shape index (κ2) is 7.01. The zero-order valence-corrected chi connectivity index (χ0v) is 16.0. The molecule has 0 bridgehead atoms. The van der Waals surface area contributed by atoms with Crippen LogP contribution in [0.5, 0.6) is 5.75 Å². The second-order valence-corrected chi connectivity index (χ2v) is 7.98. The standard InChI is InChI=1S/C23H27N3O/c1-17-5-7-18(8-6-17)16-27-20-9-10-21-22(15-20)26-14-13-25(19-3-2-4-19)12-11-23(26)24-21/h5-10,15,19H,2-4,11-14,16H2,1H3. The average Bonchev–Trinajstić information content (AvgIpc) is 2.86. The van der Waals surface area contributed by atoms with Gasteiger partial charge in [-0.3, -0.25) is 4.90 Å². The van der Waals surface area contributed by atoms with Gasteiger partial charge in [0.05, 0.1) is 11.0 Å². The maximum Gasteiger partial charge on any atom is 0.122 e. The number of hydrogen-bond donors (Lipinski definition) is 0. The van der Waals surface area contributed by atoms with Crippen molar-refractivity contribution in [3.63, 3.8) is 0 Å². The minimum absolute atomic E-state index is 0.599. The Morgan fingerprint density at radius 1 is 1.04 bits per heavy atom. The summed E-state index contributed by atoms with van der Waals surface area (Å²) in [5, 5.41) is 0. The van der Waals surface area contributed by atoms with E-state index in [1.54, 1.807) is 0 Å². The van der Waals surface area contributed by atoms with E-state index in [4.69, 9.17) is 9.72 Å². The molecule has 0 radical (unpaired) electrons. The number of rotatable bonds is 4. The van der Waals surface area contributed by atoms with Gasteiger partial charge in [0.2, 0.25) is 0 Å². The van der Waals surface area contributed by atoms with Crippen molar-refractivity contribution in [3.8, 4) is 5.75 Å².